The number of nitrogens with two attached hydrogens (primary N) is 1. The molecule has 7 heteroatoms. The zero-order valence-electron chi connectivity index (χ0n) is 10.7. The van der Waals surface area contributed by atoms with Gasteiger partial charge in [-0.1, -0.05) is 30.8 Å². The highest BCUT2D eigenvalue weighted by Gasteiger charge is 2.34. The number of aryl methyl sites for hydroxylation is 1. The maximum atomic E-state index is 12.1. The summed E-state index contributed by atoms with van der Waals surface area (Å²) in [5.74, 6) is 0.368. The standard InChI is InChI=1S/C12H18F3N3O/c13-12(14,15)8-5-9-17-10(19-18-9)11(16)6-3-1-2-4-7-11/h1-8,16H2. The minimum atomic E-state index is -4.20. The molecule has 0 amide bonds. The topological polar surface area (TPSA) is 64.9 Å². The molecule has 1 saturated carbocycles. The van der Waals surface area contributed by atoms with Crippen molar-refractivity contribution in [2.45, 2.75) is 63.1 Å². The highest BCUT2D eigenvalue weighted by molar-refractivity contribution is 5.03. The van der Waals surface area contributed by atoms with Crippen LogP contribution in [-0.2, 0) is 12.0 Å². The van der Waals surface area contributed by atoms with E-state index in [0.717, 1.165) is 38.5 Å². The first-order chi connectivity index (χ1) is 8.89. The van der Waals surface area contributed by atoms with Crippen molar-refractivity contribution < 1.29 is 17.7 Å². The SMILES string of the molecule is NC1(c2nc(CCC(F)(F)F)no2)CCCCCC1. The summed E-state index contributed by atoms with van der Waals surface area (Å²) in [5.41, 5.74) is 5.59. The lowest BCUT2D eigenvalue weighted by molar-refractivity contribution is -0.134. The molecule has 0 unspecified atom stereocenters. The number of alkyl halides is 3. The number of halogens is 3. The molecule has 0 aromatic carbocycles. The molecular formula is C12H18F3N3O. The maximum Gasteiger partial charge on any atom is 0.389 e. The third-order valence-corrected chi connectivity index (χ3v) is 3.52. The summed E-state index contributed by atoms with van der Waals surface area (Å²) in [7, 11) is 0. The van der Waals surface area contributed by atoms with Crippen molar-refractivity contribution in [3.05, 3.63) is 11.7 Å². The normalized spacial score (nSPS) is 20.2. The second kappa shape index (κ2) is 5.48. The zero-order chi connectivity index (χ0) is 13.9. The third kappa shape index (κ3) is 3.92. The Kier molecular flexibility index (Phi) is 4.13. The number of aromatic nitrogens is 2. The van der Waals surface area contributed by atoms with Crippen molar-refractivity contribution in [2.75, 3.05) is 0 Å². The molecule has 0 spiro atoms. The molecule has 1 aliphatic rings. The Hall–Kier alpha value is -1.11. The fourth-order valence-corrected chi connectivity index (χ4v) is 2.38. The summed E-state index contributed by atoms with van der Waals surface area (Å²) in [6.45, 7) is 0. The van der Waals surface area contributed by atoms with Gasteiger partial charge in [-0.2, -0.15) is 18.2 Å². The van der Waals surface area contributed by atoms with Crippen LogP contribution in [-0.4, -0.2) is 16.3 Å². The van der Waals surface area contributed by atoms with Crippen LogP contribution in [0.5, 0.6) is 0 Å². The fourth-order valence-electron chi connectivity index (χ4n) is 2.38. The largest absolute Gasteiger partial charge is 0.389 e. The van der Waals surface area contributed by atoms with Gasteiger partial charge in [0.1, 0.15) is 0 Å². The van der Waals surface area contributed by atoms with Crippen molar-refractivity contribution in [3.8, 4) is 0 Å². The Morgan fingerprint density at radius 3 is 2.37 bits per heavy atom. The van der Waals surface area contributed by atoms with Gasteiger partial charge in [0.2, 0.25) is 5.89 Å². The molecule has 2 rings (SSSR count). The fraction of sp³-hybridized carbons (Fsp3) is 0.833. The molecule has 4 nitrogen and oxygen atoms in total. The van der Waals surface area contributed by atoms with Gasteiger partial charge in [0.25, 0.3) is 0 Å². The minimum absolute atomic E-state index is 0.0846. The van der Waals surface area contributed by atoms with Gasteiger partial charge < -0.3 is 10.3 Å². The van der Waals surface area contributed by atoms with Crippen molar-refractivity contribution >= 4 is 0 Å². The average molecular weight is 277 g/mol. The quantitative estimate of drug-likeness (QED) is 0.862. The molecule has 1 aromatic heterocycles. The molecule has 108 valence electrons. The molecule has 1 fully saturated rings. The first-order valence-corrected chi connectivity index (χ1v) is 6.58. The van der Waals surface area contributed by atoms with E-state index in [1.165, 1.54) is 0 Å². The van der Waals surface area contributed by atoms with E-state index in [1.54, 1.807) is 0 Å². The van der Waals surface area contributed by atoms with Crippen molar-refractivity contribution in [1.29, 1.82) is 0 Å². The van der Waals surface area contributed by atoms with Gasteiger partial charge >= 0.3 is 6.18 Å². The van der Waals surface area contributed by atoms with Crippen LogP contribution in [0.15, 0.2) is 4.52 Å². The zero-order valence-corrected chi connectivity index (χ0v) is 10.7. The van der Waals surface area contributed by atoms with Gasteiger partial charge in [0.05, 0.1) is 12.0 Å². The van der Waals surface area contributed by atoms with Gasteiger partial charge in [0, 0.05) is 6.42 Å². The van der Waals surface area contributed by atoms with Gasteiger partial charge in [-0.25, -0.2) is 0 Å². The van der Waals surface area contributed by atoms with Crippen LogP contribution in [0.1, 0.15) is 56.7 Å². The van der Waals surface area contributed by atoms with Crippen LogP contribution in [0, 0.1) is 0 Å². The Morgan fingerprint density at radius 1 is 1.16 bits per heavy atom. The lowest BCUT2D eigenvalue weighted by Crippen LogP contribution is -2.36. The molecule has 1 aromatic rings. The molecule has 0 saturated heterocycles. The minimum Gasteiger partial charge on any atom is -0.337 e. The van der Waals surface area contributed by atoms with E-state index in [1.807, 2.05) is 0 Å². The lowest BCUT2D eigenvalue weighted by Gasteiger charge is -2.22. The van der Waals surface area contributed by atoms with Gasteiger partial charge in [-0.3, -0.25) is 0 Å². The molecule has 0 radical (unpaired) electrons. The summed E-state index contributed by atoms with van der Waals surface area (Å²) in [4.78, 5) is 4.05. The highest BCUT2D eigenvalue weighted by Crippen LogP contribution is 2.33. The molecule has 2 N–H and O–H groups in total. The van der Waals surface area contributed by atoms with Crippen molar-refractivity contribution in [1.82, 2.24) is 10.1 Å². The van der Waals surface area contributed by atoms with E-state index >= 15 is 0 Å². The Labute approximate surface area is 109 Å². The van der Waals surface area contributed by atoms with Crippen molar-refractivity contribution in [2.24, 2.45) is 5.73 Å². The van der Waals surface area contributed by atoms with Gasteiger partial charge in [-0.15, -0.1) is 0 Å². The molecular weight excluding hydrogens is 259 g/mol. The van der Waals surface area contributed by atoms with E-state index in [9.17, 15) is 13.2 Å². The lowest BCUT2D eigenvalue weighted by atomic mass is 9.91. The summed E-state index contributed by atoms with van der Waals surface area (Å²) >= 11 is 0. The van der Waals surface area contributed by atoms with E-state index < -0.39 is 18.1 Å². The second-order valence-electron chi connectivity index (χ2n) is 5.20. The van der Waals surface area contributed by atoms with Crippen LogP contribution in [0.25, 0.3) is 0 Å². The van der Waals surface area contributed by atoms with Crippen LogP contribution in [0.4, 0.5) is 13.2 Å². The molecule has 0 aliphatic heterocycles. The number of rotatable bonds is 3. The molecule has 0 bridgehead atoms. The molecule has 1 aliphatic carbocycles. The number of hydrogen-bond donors (Lipinski definition) is 1. The molecule has 1 heterocycles. The Bertz CT molecular complexity index is 409. The summed E-state index contributed by atoms with van der Waals surface area (Å²) in [6.07, 6.45) is 0.285. The summed E-state index contributed by atoms with van der Waals surface area (Å²) < 4.78 is 41.4. The Morgan fingerprint density at radius 2 is 1.79 bits per heavy atom. The van der Waals surface area contributed by atoms with Gasteiger partial charge in [-0.05, 0) is 12.8 Å². The van der Waals surface area contributed by atoms with Crippen LogP contribution >= 0.6 is 0 Å². The predicted molar refractivity (Wildman–Crippen MR) is 62.2 cm³/mol. The second-order valence-corrected chi connectivity index (χ2v) is 5.20. The van der Waals surface area contributed by atoms with Crippen LogP contribution in [0.3, 0.4) is 0 Å². The Balaban J connectivity index is 2.03. The summed E-state index contributed by atoms with van der Waals surface area (Å²) in [6, 6.07) is 0. The average Bonchev–Trinajstić information content (AvgIpc) is 2.70. The first-order valence-electron chi connectivity index (χ1n) is 6.58. The molecule has 0 atom stereocenters. The van der Waals surface area contributed by atoms with E-state index in [-0.39, 0.29) is 18.1 Å². The molecule has 19 heavy (non-hydrogen) atoms. The van der Waals surface area contributed by atoms with Gasteiger partial charge in [0.15, 0.2) is 5.82 Å². The maximum absolute atomic E-state index is 12.1. The summed E-state index contributed by atoms with van der Waals surface area (Å²) in [5, 5.41) is 3.60. The smallest absolute Gasteiger partial charge is 0.337 e. The predicted octanol–water partition coefficient (Wildman–Crippen LogP) is 3.07. The number of hydrogen-bond acceptors (Lipinski definition) is 4. The van der Waals surface area contributed by atoms with Crippen LogP contribution in [0.2, 0.25) is 0 Å². The van der Waals surface area contributed by atoms with Crippen LogP contribution < -0.4 is 5.73 Å². The first kappa shape index (κ1) is 14.3. The third-order valence-electron chi connectivity index (χ3n) is 3.52. The monoisotopic (exact) mass is 277 g/mol. The van der Waals surface area contributed by atoms with E-state index in [4.69, 9.17) is 10.3 Å². The number of nitrogens with zero attached hydrogens (tertiary/aromatic N) is 2. The van der Waals surface area contributed by atoms with E-state index in [2.05, 4.69) is 10.1 Å². The van der Waals surface area contributed by atoms with E-state index in [0.29, 0.717) is 0 Å². The highest BCUT2D eigenvalue weighted by atomic mass is 19.4. The van der Waals surface area contributed by atoms with Crippen molar-refractivity contribution in [3.63, 3.8) is 0 Å².